The first-order valence-corrected chi connectivity index (χ1v) is 8.51. The van der Waals surface area contributed by atoms with E-state index in [1.165, 1.54) is 11.1 Å². The molecule has 0 aromatic heterocycles. The smallest absolute Gasteiger partial charge is 0.407 e. The van der Waals surface area contributed by atoms with Crippen molar-refractivity contribution >= 4 is 6.09 Å². The van der Waals surface area contributed by atoms with Gasteiger partial charge in [0.1, 0.15) is 5.60 Å². The van der Waals surface area contributed by atoms with Crippen LogP contribution in [-0.4, -0.2) is 23.8 Å². The van der Waals surface area contributed by atoms with Crippen molar-refractivity contribution < 1.29 is 9.53 Å². The zero-order valence-electron chi connectivity index (χ0n) is 15.1. The summed E-state index contributed by atoms with van der Waals surface area (Å²) in [5.41, 5.74) is 2.18. The minimum Gasteiger partial charge on any atom is -0.444 e. The lowest BCUT2D eigenvalue weighted by molar-refractivity contribution is 0.0522. The predicted molar refractivity (Wildman–Crippen MR) is 93.6 cm³/mol. The highest BCUT2D eigenvalue weighted by Crippen LogP contribution is 2.26. The molecule has 23 heavy (non-hydrogen) atoms. The second-order valence-corrected chi connectivity index (χ2v) is 7.80. The lowest BCUT2D eigenvalue weighted by Gasteiger charge is -2.20. The van der Waals surface area contributed by atoms with Crippen LogP contribution in [0.15, 0.2) is 24.3 Å². The molecule has 4 heteroatoms. The van der Waals surface area contributed by atoms with Crippen LogP contribution in [0.5, 0.6) is 0 Å². The summed E-state index contributed by atoms with van der Waals surface area (Å²) < 4.78 is 5.28. The number of carbonyl (C=O) groups excluding carboxylic acids is 1. The first-order valence-electron chi connectivity index (χ1n) is 8.51. The van der Waals surface area contributed by atoms with Gasteiger partial charge in [0.2, 0.25) is 0 Å². The summed E-state index contributed by atoms with van der Waals surface area (Å²) in [7, 11) is 0. The Hall–Kier alpha value is -1.55. The number of carbonyl (C=O) groups is 1. The zero-order valence-corrected chi connectivity index (χ0v) is 15.1. The van der Waals surface area contributed by atoms with Crippen LogP contribution in [0.4, 0.5) is 4.79 Å². The monoisotopic (exact) mass is 318 g/mol. The average Bonchev–Trinajstić information content (AvgIpc) is 3.14. The van der Waals surface area contributed by atoms with E-state index < -0.39 is 5.60 Å². The normalized spacial score (nSPS) is 21.9. The fourth-order valence-electron chi connectivity index (χ4n) is 2.58. The van der Waals surface area contributed by atoms with Gasteiger partial charge in [-0.05, 0) is 51.2 Å². The molecule has 0 saturated heterocycles. The van der Waals surface area contributed by atoms with Gasteiger partial charge in [-0.1, -0.05) is 38.1 Å². The molecule has 0 spiro atoms. The molecule has 128 valence electrons. The van der Waals surface area contributed by atoms with E-state index in [0.29, 0.717) is 12.0 Å². The summed E-state index contributed by atoms with van der Waals surface area (Å²) in [5.74, 6) is 0.554. The van der Waals surface area contributed by atoms with Gasteiger partial charge in [-0.25, -0.2) is 4.79 Å². The van der Waals surface area contributed by atoms with Crippen LogP contribution in [0.1, 0.15) is 71.0 Å². The maximum absolute atomic E-state index is 11.8. The SMILES string of the molecule is CC(C)c1ccc(C(C)NC2CC2NC(=O)OC(C)(C)C)cc1. The molecule has 1 aliphatic rings. The van der Waals surface area contributed by atoms with Crippen LogP contribution < -0.4 is 10.6 Å². The summed E-state index contributed by atoms with van der Waals surface area (Å²) in [6.07, 6.45) is 0.619. The summed E-state index contributed by atoms with van der Waals surface area (Å²) in [6.45, 7) is 12.2. The van der Waals surface area contributed by atoms with E-state index in [1.54, 1.807) is 0 Å². The topological polar surface area (TPSA) is 50.4 Å². The Kier molecular flexibility index (Phi) is 5.35. The van der Waals surface area contributed by atoms with Gasteiger partial charge in [-0.15, -0.1) is 0 Å². The van der Waals surface area contributed by atoms with E-state index in [-0.39, 0.29) is 18.2 Å². The van der Waals surface area contributed by atoms with Crippen molar-refractivity contribution in [2.24, 2.45) is 0 Å². The molecule has 1 aliphatic carbocycles. The van der Waals surface area contributed by atoms with Crippen molar-refractivity contribution in [3.63, 3.8) is 0 Å². The average molecular weight is 318 g/mol. The fourth-order valence-corrected chi connectivity index (χ4v) is 2.58. The highest BCUT2D eigenvalue weighted by molar-refractivity contribution is 5.68. The van der Waals surface area contributed by atoms with Gasteiger partial charge in [0.05, 0.1) is 0 Å². The Morgan fingerprint density at radius 3 is 2.17 bits per heavy atom. The lowest BCUT2D eigenvalue weighted by Crippen LogP contribution is -2.37. The molecule has 1 aromatic rings. The van der Waals surface area contributed by atoms with Gasteiger partial charge in [0.15, 0.2) is 0 Å². The summed E-state index contributed by atoms with van der Waals surface area (Å²) >= 11 is 0. The molecule has 4 nitrogen and oxygen atoms in total. The molecule has 0 heterocycles. The maximum atomic E-state index is 11.8. The quantitative estimate of drug-likeness (QED) is 0.858. The second kappa shape index (κ2) is 6.91. The molecule has 0 bridgehead atoms. The Morgan fingerprint density at radius 2 is 1.65 bits per heavy atom. The van der Waals surface area contributed by atoms with Crippen LogP contribution in [0.3, 0.4) is 0 Å². The van der Waals surface area contributed by atoms with Crippen LogP contribution in [0.2, 0.25) is 0 Å². The molecule has 1 saturated carbocycles. The number of alkyl carbamates (subject to hydrolysis) is 1. The Balaban J connectivity index is 1.79. The third kappa shape index (κ3) is 5.54. The van der Waals surface area contributed by atoms with Crippen molar-refractivity contribution in [3.8, 4) is 0 Å². The molecular formula is C19H30N2O2. The van der Waals surface area contributed by atoms with E-state index in [2.05, 4.69) is 55.7 Å². The van der Waals surface area contributed by atoms with Crippen LogP contribution in [-0.2, 0) is 4.74 Å². The van der Waals surface area contributed by atoms with E-state index in [4.69, 9.17) is 4.74 Å². The third-order valence-corrected chi connectivity index (χ3v) is 4.06. The highest BCUT2D eigenvalue weighted by atomic mass is 16.6. The molecular weight excluding hydrogens is 288 g/mol. The third-order valence-electron chi connectivity index (χ3n) is 4.06. The number of hydrogen-bond acceptors (Lipinski definition) is 3. The first kappa shape index (κ1) is 17.8. The van der Waals surface area contributed by atoms with Crippen LogP contribution in [0.25, 0.3) is 0 Å². The second-order valence-electron chi connectivity index (χ2n) is 7.80. The molecule has 3 unspecified atom stereocenters. The van der Waals surface area contributed by atoms with Gasteiger partial charge in [-0.2, -0.15) is 0 Å². The van der Waals surface area contributed by atoms with Crippen molar-refractivity contribution in [3.05, 3.63) is 35.4 Å². The minimum absolute atomic E-state index is 0.169. The zero-order chi connectivity index (χ0) is 17.2. The molecule has 0 radical (unpaired) electrons. The highest BCUT2D eigenvalue weighted by Gasteiger charge is 2.40. The van der Waals surface area contributed by atoms with Gasteiger partial charge in [0, 0.05) is 18.1 Å². The first-order chi connectivity index (χ1) is 10.7. The van der Waals surface area contributed by atoms with Gasteiger partial charge < -0.3 is 15.4 Å². The van der Waals surface area contributed by atoms with Gasteiger partial charge in [0.25, 0.3) is 0 Å². The lowest BCUT2D eigenvalue weighted by atomic mass is 9.99. The van der Waals surface area contributed by atoms with E-state index in [0.717, 1.165) is 6.42 Å². The Bertz CT molecular complexity index is 531. The molecule has 1 amide bonds. The van der Waals surface area contributed by atoms with E-state index >= 15 is 0 Å². The van der Waals surface area contributed by atoms with Gasteiger partial charge >= 0.3 is 6.09 Å². The summed E-state index contributed by atoms with van der Waals surface area (Å²) in [6, 6.07) is 9.52. The van der Waals surface area contributed by atoms with E-state index in [9.17, 15) is 4.79 Å². The molecule has 2 N–H and O–H groups in total. The largest absolute Gasteiger partial charge is 0.444 e. The van der Waals surface area contributed by atoms with E-state index in [1.807, 2.05) is 20.8 Å². The van der Waals surface area contributed by atoms with Crippen LogP contribution >= 0.6 is 0 Å². The number of hydrogen-bond donors (Lipinski definition) is 2. The van der Waals surface area contributed by atoms with Crippen molar-refractivity contribution in [1.82, 2.24) is 10.6 Å². The number of rotatable bonds is 5. The number of nitrogens with one attached hydrogen (secondary N) is 2. The maximum Gasteiger partial charge on any atom is 0.407 e. The number of benzene rings is 1. The minimum atomic E-state index is -0.451. The van der Waals surface area contributed by atoms with Crippen LogP contribution in [0, 0.1) is 0 Å². The fraction of sp³-hybridized carbons (Fsp3) is 0.632. The number of amides is 1. The molecule has 1 fully saturated rings. The van der Waals surface area contributed by atoms with Gasteiger partial charge in [-0.3, -0.25) is 0 Å². The Morgan fingerprint density at radius 1 is 1.09 bits per heavy atom. The predicted octanol–water partition coefficient (Wildman–Crippen LogP) is 4.13. The van der Waals surface area contributed by atoms with Crippen molar-refractivity contribution in [2.45, 2.75) is 77.6 Å². The molecule has 3 atom stereocenters. The summed E-state index contributed by atoms with van der Waals surface area (Å²) in [5, 5.41) is 6.48. The Labute approximate surface area is 140 Å². The standard InChI is InChI=1S/C19H30N2O2/c1-12(2)14-7-9-15(10-8-14)13(3)20-16-11-17(16)21-18(22)23-19(4,5)6/h7-10,12-13,16-17,20H,11H2,1-6H3,(H,21,22). The molecule has 2 rings (SSSR count). The summed E-state index contributed by atoms with van der Waals surface area (Å²) in [4.78, 5) is 11.8. The van der Waals surface area contributed by atoms with Crippen molar-refractivity contribution in [1.29, 1.82) is 0 Å². The van der Waals surface area contributed by atoms with Crippen molar-refractivity contribution in [2.75, 3.05) is 0 Å². The molecule has 0 aliphatic heterocycles. The molecule has 1 aromatic carbocycles. The number of ether oxygens (including phenoxy) is 1.